The number of aromatic amines is 1. The number of H-pyrrole nitrogens is 1. The summed E-state index contributed by atoms with van der Waals surface area (Å²) in [5.74, 6) is -1.03. The quantitative estimate of drug-likeness (QED) is 0.288. The maximum Gasteiger partial charge on any atom is 0.417 e. The number of benzene rings is 2. The Kier molecular flexibility index (Phi) is 11.7. The minimum Gasteiger partial charge on any atom is -0.463 e. The minimum atomic E-state index is -1.13. The van der Waals surface area contributed by atoms with Gasteiger partial charge in [-0.1, -0.05) is 24.3 Å². The maximum absolute atomic E-state index is 14.3. The molecule has 5 aliphatic heterocycles. The van der Waals surface area contributed by atoms with Crippen LogP contribution in [-0.2, 0) is 36.7 Å². The standard InChI is InChI=1S/C42H53N7O9/c1-27-24-28(25-34-37(27)44-41(54)57-34)26-35(58-42(55)47-19-13-31(14-20-47)49-21-10-29-6-2-3-7-32(29)43-40(49)53)38(51)46-17-11-30(12-18-46)48-16-4-8-33(48)39(52)56-23-22-45-15-5-9-36(45)50/h2-3,6-7,24-25,30-31,33,35H,4-5,8-23,26H2,1H3,(H,43,53)(H,44,54)/t33?,35-/m1/s1. The molecule has 2 aromatic carbocycles. The number of nitrogens with one attached hydrogen (secondary N) is 2. The van der Waals surface area contributed by atoms with Gasteiger partial charge in [0.1, 0.15) is 12.6 Å². The molecular formula is C42H53N7O9. The SMILES string of the molecule is Cc1cc(C[C@@H](OC(=O)N2CCC(N3CCc4ccccc4NC3=O)CC2)C(=O)N2CCC(N3CCCC3C(=O)OCCN3CCCC3=O)CC2)cc2oc(=O)[nH]c12. The number of para-hydroxylation sites is 1. The first kappa shape index (κ1) is 39.4. The number of amides is 5. The number of oxazole rings is 1. The number of carbonyl (C=O) groups is 5. The number of aryl methyl sites for hydroxylation is 1. The molecule has 3 aromatic rings. The largest absolute Gasteiger partial charge is 0.463 e. The number of hydrogen-bond acceptors (Lipinski definition) is 10. The molecule has 4 saturated heterocycles. The van der Waals surface area contributed by atoms with E-state index in [-0.39, 0.29) is 55.0 Å². The highest BCUT2D eigenvalue weighted by atomic mass is 16.6. The van der Waals surface area contributed by atoms with Gasteiger partial charge in [0.25, 0.3) is 5.91 Å². The minimum absolute atomic E-state index is 0.0412. The first-order valence-electron chi connectivity index (χ1n) is 20.8. The molecule has 0 spiro atoms. The number of aromatic nitrogens is 1. The number of carbonyl (C=O) groups excluding carboxylic acids is 5. The highest BCUT2D eigenvalue weighted by Gasteiger charge is 2.40. The van der Waals surface area contributed by atoms with Crippen LogP contribution in [0.2, 0.25) is 0 Å². The first-order valence-corrected chi connectivity index (χ1v) is 20.8. The second kappa shape index (κ2) is 17.2. The molecule has 0 saturated carbocycles. The van der Waals surface area contributed by atoms with Gasteiger partial charge in [-0.2, -0.15) is 0 Å². The van der Waals surface area contributed by atoms with Gasteiger partial charge in [-0.25, -0.2) is 14.4 Å². The van der Waals surface area contributed by atoms with E-state index in [2.05, 4.69) is 15.2 Å². The van der Waals surface area contributed by atoms with E-state index < -0.39 is 18.0 Å². The summed E-state index contributed by atoms with van der Waals surface area (Å²) in [5, 5.41) is 3.04. The molecule has 16 heteroatoms. The molecule has 5 amide bonds. The lowest BCUT2D eigenvalue weighted by Crippen LogP contribution is -2.53. The molecule has 4 fully saturated rings. The first-order chi connectivity index (χ1) is 28.1. The van der Waals surface area contributed by atoms with Crippen LogP contribution in [0.4, 0.5) is 15.3 Å². The van der Waals surface area contributed by atoms with Gasteiger partial charge in [-0.3, -0.25) is 24.3 Å². The summed E-state index contributed by atoms with van der Waals surface area (Å²) in [7, 11) is 0. The summed E-state index contributed by atoms with van der Waals surface area (Å²) in [6, 6.07) is 10.9. The number of rotatable bonds is 10. The number of fused-ring (bicyclic) bond motifs is 2. The summed E-state index contributed by atoms with van der Waals surface area (Å²) >= 11 is 0. The Hall–Kier alpha value is -5.38. The van der Waals surface area contributed by atoms with Crippen molar-refractivity contribution in [2.24, 2.45) is 0 Å². The Morgan fingerprint density at radius 1 is 0.862 bits per heavy atom. The second-order valence-electron chi connectivity index (χ2n) is 16.2. The molecular weight excluding hydrogens is 747 g/mol. The third-order valence-corrected chi connectivity index (χ3v) is 12.6. The molecule has 310 valence electrons. The molecule has 1 aromatic heterocycles. The Morgan fingerprint density at radius 2 is 1.62 bits per heavy atom. The Morgan fingerprint density at radius 3 is 2.40 bits per heavy atom. The number of likely N-dealkylation sites (tertiary alicyclic amines) is 4. The van der Waals surface area contributed by atoms with Crippen molar-refractivity contribution in [3.63, 3.8) is 0 Å². The summed E-state index contributed by atoms with van der Waals surface area (Å²) in [6.07, 6.45) is 4.56. The van der Waals surface area contributed by atoms with Crippen LogP contribution in [0.3, 0.4) is 0 Å². The Labute approximate surface area is 336 Å². The van der Waals surface area contributed by atoms with Crippen LogP contribution < -0.4 is 11.1 Å². The van der Waals surface area contributed by atoms with Gasteiger partial charge < -0.3 is 38.8 Å². The highest BCUT2D eigenvalue weighted by Crippen LogP contribution is 2.29. The van der Waals surface area contributed by atoms with Crippen molar-refractivity contribution >= 4 is 46.7 Å². The van der Waals surface area contributed by atoms with Crippen molar-refractivity contribution in [2.75, 3.05) is 64.3 Å². The molecule has 0 aliphatic carbocycles. The van der Waals surface area contributed by atoms with Gasteiger partial charge in [0.05, 0.1) is 12.1 Å². The summed E-state index contributed by atoms with van der Waals surface area (Å²) in [6.45, 7) is 6.13. The fraction of sp³-hybridized carbons (Fsp3) is 0.571. The molecule has 58 heavy (non-hydrogen) atoms. The highest BCUT2D eigenvalue weighted by molar-refractivity contribution is 5.91. The Bertz CT molecular complexity index is 2080. The van der Waals surface area contributed by atoms with E-state index >= 15 is 0 Å². The van der Waals surface area contributed by atoms with Crippen LogP contribution in [0.15, 0.2) is 45.6 Å². The normalized spacial score (nSPS) is 21.6. The molecule has 8 rings (SSSR count). The third kappa shape index (κ3) is 8.57. The number of anilines is 1. The molecule has 5 aliphatic rings. The number of nitrogens with zero attached hydrogens (tertiary/aromatic N) is 5. The molecule has 16 nitrogen and oxygen atoms in total. The topological polar surface area (TPSA) is 178 Å². The molecule has 0 bridgehead atoms. The fourth-order valence-corrected chi connectivity index (χ4v) is 9.49. The van der Waals surface area contributed by atoms with E-state index in [1.165, 1.54) is 0 Å². The van der Waals surface area contributed by atoms with E-state index in [9.17, 15) is 28.8 Å². The van der Waals surface area contributed by atoms with Crippen molar-refractivity contribution in [3.8, 4) is 0 Å². The van der Waals surface area contributed by atoms with E-state index in [0.29, 0.717) is 101 Å². The number of urea groups is 1. The predicted molar refractivity (Wildman–Crippen MR) is 212 cm³/mol. The van der Waals surface area contributed by atoms with E-state index in [4.69, 9.17) is 13.9 Å². The lowest BCUT2D eigenvalue weighted by molar-refractivity contribution is -0.152. The van der Waals surface area contributed by atoms with Crippen LogP contribution in [0.25, 0.3) is 11.1 Å². The van der Waals surface area contributed by atoms with Crippen molar-refractivity contribution < 1.29 is 37.9 Å². The summed E-state index contributed by atoms with van der Waals surface area (Å²) in [5.41, 5.74) is 4.32. The van der Waals surface area contributed by atoms with E-state index in [1.54, 1.807) is 20.8 Å². The molecule has 2 atom stereocenters. The number of hydrogen-bond donors (Lipinski definition) is 2. The average molecular weight is 800 g/mol. The smallest absolute Gasteiger partial charge is 0.417 e. The van der Waals surface area contributed by atoms with E-state index in [1.807, 2.05) is 42.2 Å². The zero-order chi connectivity index (χ0) is 40.3. The molecule has 0 radical (unpaired) electrons. The lowest BCUT2D eigenvalue weighted by atomic mass is 9.99. The van der Waals surface area contributed by atoms with Crippen LogP contribution in [-0.4, -0.2) is 143 Å². The number of ether oxygens (including phenoxy) is 2. The maximum atomic E-state index is 14.3. The summed E-state index contributed by atoms with van der Waals surface area (Å²) < 4.78 is 17.1. The van der Waals surface area contributed by atoms with Crippen LogP contribution in [0, 0.1) is 6.92 Å². The molecule has 2 N–H and O–H groups in total. The van der Waals surface area contributed by atoms with Gasteiger partial charge in [0.15, 0.2) is 11.7 Å². The van der Waals surface area contributed by atoms with Crippen LogP contribution in [0.1, 0.15) is 68.1 Å². The monoisotopic (exact) mass is 799 g/mol. The van der Waals surface area contributed by atoms with Crippen LogP contribution in [0.5, 0.6) is 0 Å². The predicted octanol–water partition coefficient (Wildman–Crippen LogP) is 3.65. The number of esters is 1. The second-order valence-corrected chi connectivity index (χ2v) is 16.2. The van der Waals surface area contributed by atoms with Gasteiger partial charge in [-0.05, 0) is 93.7 Å². The fourth-order valence-electron chi connectivity index (χ4n) is 9.49. The van der Waals surface area contributed by atoms with Crippen molar-refractivity contribution in [2.45, 2.75) is 95.4 Å². The van der Waals surface area contributed by atoms with Gasteiger partial charge in [0.2, 0.25) is 5.91 Å². The zero-order valence-electron chi connectivity index (χ0n) is 33.1. The lowest BCUT2D eigenvalue weighted by Gasteiger charge is -2.40. The number of piperidine rings is 2. The average Bonchev–Trinajstić information content (AvgIpc) is 3.95. The summed E-state index contributed by atoms with van der Waals surface area (Å²) in [4.78, 5) is 90.3. The van der Waals surface area contributed by atoms with Crippen molar-refractivity contribution in [1.29, 1.82) is 0 Å². The van der Waals surface area contributed by atoms with Crippen molar-refractivity contribution in [3.05, 3.63) is 63.6 Å². The van der Waals surface area contributed by atoms with Gasteiger partial charge >= 0.3 is 23.8 Å². The molecule has 1 unspecified atom stereocenters. The third-order valence-electron chi connectivity index (χ3n) is 12.6. The van der Waals surface area contributed by atoms with Gasteiger partial charge in [-0.15, -0.1) is 0 Å². The zero-order valence-corrected chi connectivity index (χ0v) is 33.1. The Balaban J connectivity index is 0.893. The van der Waals surface area contributed by atoms with Crippen molar-refractivity contribution in [1.82, 2.24) is 29.5 Å². The van der Waals surface area contributed by atoms with E-state index in [0.717, 1.165) is 42.6 Å². The van der Waals surface area contributed by atoms with Gasteiger partial charge in [0, 0.05) is 69.9 Å². The molecule has 6 heterocycles. The van der Waals surface area contributed by atoms with Crippen LogP contribution >= 0.6 is 0 Å².